The molecule has 2 aromatic carbocycles. The van der Waals surface area contributed by atoms with E-state index in [4.69, 9.17) is 26.8 Å². The number of para-hydroxylation sites is 1. The van der Waals surface area contributed by atoms with E-state index >= 15 is 0 Å². The third kappa shape index (κ3) is 6.06. The molecule has 10 nitrogen and oxygen atoms in total. The monoisotopic (exact) mass is 636 g/mol. The molecule has 43 heavy (non-hydrogen) atoms. The van der Waals surface area contributed by atoms with Crippen LogP contribution >= 0.6 is 34.7 Å². The van der Waals surface area contributed by atoms with Crippen LogP contribution in [0.4, 0.5) is 10.8 Å². The number of nitriles is 1. The summed E-state index contributed by atoms with van der Waals surface area (Å²) < 4.78 is 11.4. The fraction of sp³-hybridized carbons (Fsp3) is 0.300. The fourth-order valence-corrected chi connectivity index (χ4v) is 7.24. The highest BCUT2D eigenvalue weighted by Gasteiger charge is 2.46. The third-order valence-electron chi connectivity index (χ3n) is 7.18. The maximum Gasteiger partial charge on any atom is 0.234 e. The molecule has 2 heterocycles. The summed E-state index contributed by atoms with van der Waals surface area (Å²) in [4.78, 5) is 28.2. The number of nitrogens with two attached hydrogens (primary N) is 1. The van der Waals surface area contributed by atoms with Gasteiger partial charge in [0.25, 0.3) is 0 Å². The minimum atomic E-state index is -0.676. The van der Waals surface area contributed by atoms with Crippen LogP contribution < -0.4 is 25.4 Å². The number of methoxy groups -OCH3 is 2. The number of carbonyl (C=O) groups is 2. The summed E-state index contributed by atoms with van der Waals surface area (Å²) in [5.41, 5.74) is 8.97. The lowest BCUT2D eigenvalue weighted by Gasteiger charge is -2.42. The molecule has 13 heteroatoms. The molecule has 0 saturated carbocycles. The van der Waals surface area contributed by atoms with Crippen LogP contribution in [0.15, 0.2) is 69.5 Å². The van der Waals surface area contributed by atoms with Gasteiger partial charge in [-0.05, 0) is 36.1 Å². The Balaban J connectivity index is 1.47. The van der Waals surface area contributed by atoms with E-state index in [1.54, 1.807) is 36.3 Å². The Kier molecular flexibility index (Phi) is 8.69. The van der Waals surface area contributed by atoms with E-state index < -0.39 is 5.92 Å². The van der Waals surface area contributed by atoms with Gasteiger partial charge in [-0.3, -0.25) is 14.5 Å². The summed E-state index contributed by atoms with van der Waals surface area (Å²) in [5, 5.41) is 22.7. The van der Waals surface area contributed by atoms with Gasteiger partial charge in [-0.25, -0.2) is 0 Å². The molecule has 0 spiro atoms. The van der Waals surface area contributed by atoms with Crippen LogP contribution in [0.1, 0.15) is 38.2 Å². The summed E-state index contributed by atoms with van der Waals surface area (Å²) in [7, 11) is 3.07. The van der Waals surface area contributed by atoms with Gasteiger partial charge in [-0.1, -0.05) is 66.7 Å². The van der Waals surface area contributed by atoms with Crippen molar-refractivity contribution in [3.05, 3.63) is 75.7 Å². The number of halogens is 1. The van der Waals surface area contributed by atoms with Gasteiger partial charge in [0.15, 0.2) is 10.1 Å². The lowest BCUT2D eigenvalue weighted by atomic mass is 9.68. The lowest BCUT2D eigenvalue weighted by Crippen LogP contribution is -2.42. The van der Waals surface area contributed by atoms with Crippen LogP contribution in [0.2, 0.25) is 5.02 Å². The van der Waals surface area contributed by atoms with Crippen molar-refractivity contribution in [3.8, 4) is 17.6 Å². The number of carbonyl (C=O) groups excluding carboxylic acids is 2. The van der Waals surface area contributed by atoms with Gasteiger partial charge in [0.1, 0.15) is 17.3 Å². The largest absolute Gasteiger partial charge is 0.496 e. The average molecular weight is 637 g/mol. The van der Waals surface area contributed by atoms with Gasteiger partial charge in [0.2, 0.25) is 11.0 Å². The lowest BCUT2D eigenvalue weighted by molar-refractivity contribution is -0.118. The van der Waals surface area contributed by atoms with Gasteiger partial charge in [0.05, 0.1) is 43.2 Å². The highest BCUT2D eigenvalue weighted by Crippen LogP contribution is 2.52. The summed E-state index contributed by atoms with van der Waals surface area (Å²) in [6.07, 6.45) is 0.860. The van der Waals surface area contributed by atoms with Crippen molar-refractivity contribution in [1.29, 1.82) is 5.26 Å². The van der Waals surface area contributed by atoms with Crippen molar-refractivity contribution < 1.29 is 19.1 Å². The van der Waals surface area contributed by atoms with Crippen LogP contribution in [-0.4, -0.2) is 41.9 Å². The second-order valence-corrected chi connectivity index (χ2v) is 13.4. The second kappa shape index (κ2) is 12.3. The smallest absolute Gasteiger partial charge is 0.234 e. The van der Waals surface area contributed by atoms with Crippen LogP contribution in [0.25, 0.3) is 0 Å². The van der Waals surface area contributed by atoms with Crippen LogP contribution in [0, 0.1) is 16.7 Å². The second-order valence-electron chi connectivity index (χ2n) is 10.8. The van der Waals surface area contributed by atoms with E-state index in [1.807, 2.05) is 32.0 Å². The molecule has 0 fully saturated rings. The predicted molar refractivity (Wildman–Crippen MR) is 167 cm³/mol. The first-order valence-electron chi connectivity index (χ1n) is 13.3. The Morgan fingerprint density at radius 1 is 1.21 bits per heavy atom. The molecule has 1 amide bonds. The van der Waals surface area contributed by atoms with E-state index in [9.17, 15) is 14.9 Å². The number of Topliss-reactive ketones (excluding diaryl/α,β-unsaturated/α-hetero) is 1. The number of hydrogen-bond acceptors (Lipinski definition) is 11. The zero-order valence-electron chi connectivity index (χ0n) is 23.9. The number of benzene rings is 2. The van der Waals surface area contributed by atoms with E-state index in [2.05, 4.69) is 21.6 Å². The topological polar surface area (TPSA) is 143 Å². The Bertz CT molecular complexity index is 1710. The number of allylic oxidation sites excluding steroid dienone is 3. The average Bonchev–Trinajstić information content (AvgIpc) is 3.43. The minimum absolute atomic E-state index is 0.0500. The van der Waals surface area contributed by atoms with Crippen molar-refractivity contribution in [3.63, 3.8) is 0 Å². The van der Waals surface area contributed by atoms with E-state index in [0.29, 0.717) is 61.4 Å². The maximum atomic E-state index is 13.8. The number of thioether (sulfide) groups is 1. The fourth-order valence-electron chi connectivity index (χ4n) is 5.39. The molecule has 2 aliphatic rings. The van der Waals surface area contributed by atoms with E-state index in [1.165, 1.54) is 30.2 Å². The quantitative estimate of drug-likeness (QED) is 0.288. The van der Waals surface area contributed by atoms with Crippen LogP contribution in [-0.2, 0) is 9.59 Å². The zero-order chi connectivity index (χ0) is 30.9. The molecule has 1 unspecified atom stereocenters. The van der Waals surface area contributed by atoms with Crippen molar-refractivity contribution in [2.24, 2.45) is 11.1 Å². The van der Waals surface area contributed by atoms with Gasteiger partial charge in [-0.2, -0.15) is 5.26 Å². The van der Waals surface area contributed by atoms with E-state index in [-0.39, 0.29) is 34.3 Å². The first kappa shape index (κ1) is 30.4. The number of nitrogens with one attached hydrogen (secondary N) is 1. The molecule has 1 aromatic heterocycles. The molecule has 1 aliphatic heterocycles. The summed E-state index contributed by atoms with van der Waals surface area (Å²) in [6, 6.07) is 14.6. The molecule has 0 bridgehead atoms. The van der Waals surface area contributed by atoms with Gasteiger partial charge < -0.3 is 20.5 Å². The predicted octanol–water partition coefficient (Wildman–Crippen LogP) is 5.88. The number of amides is 1. The Morgan fingerprint density at radius 2 is 1.95 bits per heavy atom. The minimum Gasteiger partial charge on any atom is -0.496 e. The summed E-state index contributed by atoms with van der Waals surface area (Å²) >= 11 is 8.50. The number of ketones is 1. The van der Waals surface area contributed by atoms with Crippen LogP contribution in [0.5, 0.6) is 11.5 Å². The first-order chi connectivity index (χ1) is 20.6. The molecule has 3 aromatic rings. The van der Waals surface area contributed by atoms with Crippen molar-refractivity contribution >= 4 is 57.2 Å². The standard InChI is InChI=1S/C30H29ClN6O4S2/c1-30(2)12-20-26(21(38)13-30)25(17-7-5-6-8-22(17)40-3)18(14-32)27(33)37(20)28-35-36-29(43-28)42-15-24(39)34-19-11-16(31)9-10-23(19)41-4/h5-11,25H,12-13,15,33H2,1-4H3,(H,34,39). The molecule has 0 saturated heterocycles. The summed E-state index contributed by atoms with van der Waals surface area (Å²) in [6.45, 7) is 4.05. The number of aromatic nitrogens is 2. The molecule has 5 rings (SSSR count). The zero-order valence-corrected chi connectivity index (χ0v) is 26.3. The number of anilines is 2. The molecule has 3 N–H and O–H groups in total. The maximum absolute atomic E-state index is 13.8. The SMILES string of the molecule is COc1ccc(Cl)cc1NC(=O)CSc1nnc(N2C(N)=C(C#N)C(c3ccccc3OC)C3=C2CC(C)(C)CC3=O)s1. The highest BCUT2D eigenvalue weighted by atomic mass is 35.5. The molecular formula is C30H29ClN6O4S2. The molecule has 0 radical (unpaired) electrons. The van der Waals surface area contributed by atoms with Gasteiger partial charge >= 0.3 is 0 Å². The molecule has 222 valence electrons. The Morgan fingerprint density at radius 3 is 2.67 bits per heavy atom. The number of hydrogen-bond donors (Lipinski definition) is 2. The molecule has 1 aliphatic carbocycles. The highest BCUT2D eigenvalue weighted by molar-refractivity contribution is 8.01. The van der Waals surface area contributed by atoms with E-state index in [0.717, 1.165) is 0 Å². The molecular weight excluding hydrogens is 608 g/mol. The van der Waals surface area contributed by atoms with Gasteiger partial charge in [-0.15, -0.1) is 10.2 Å². The molecule has 1 atom stereocenters. The number of nitrogens with zero attached hydrogens (tertiary/aromatic N) is 4. The summed E-state index contributed by atoms with van der Waals surface area (Å²) in [5.74, 6) is 0.270. The number of rotatable bonds is 8. The third-order valence-corrected chi connectivity index (χ3v) is 9.46. The van der Waals surface area contributed by atoms with Crippen molar-refractivity contribution in [1.82, 2.24) is 10.2 Å². The Hall–Kier alpha value is -4.05. The number of ether oxygens (including phenoxy) is 2. The van der Waals surface area contributed by atoms with Crippen LogP contribution in [0.3, 0.4) is 0 Å². The van der Waals surface area contributed by atoms with Gasteiger partial charge in [0, 0.05) is 28.3 Å². The van der Waals surface area contributed by atoms with Crippen molar-refractivity contribution in [2.75, 3.05) is 30.2 Å². The first-order valence-corrected chi connectivity index (χ1v) is 15.4. The normalized spacial score (nSPS) is 17.8. The van der Waals surface area contributed by atoms with Crippen molar-refractivity contribution in [2.45, 2.75) is 36.9 Å². The Labute approximate surface area is 262 Å².